The van der Waals surface area contributed by atoms with E-state index in [0.29, 0.717) is 0 Å². The number of hydrogen-bond acceptors (Lipinski definition) is 4. The monoisotopic (exact) mass is 478 g/mol. The van der Waals surface area contributed by atoms with Crippen molar-refractivity contribution in [3.8, 4) is 11.1 Å². The predicted octanol–water partition coefficient (Wildman–Crippen LogP) is 5.01. The summed E-state index contributed by atoms with van der Waals surface area (Å²) < 4.78 is 5.59. The minimum atomic E-state index is -1.39. The summed E-state index contributed by atoms with van der Waals surface area (Å²) in [4.78, 5) is 37.7. The molecule has 0 radical (unpaired) electrons. The van der Waals surface area contributed by atoms with E-state index in [2.05, 4.69) is 22.8 Å². The Morgan fingerprint density at radius 2 is 1.54 bits per heavy atom. The molecule has 0 heterocycles. The van der Waals surface area contributed by atoms with Gasteiger partial charge in [0.15, 0.2) is 0 Å². The van der Waals surface area contributed by atoms with E-state index in [1.165, 1.54) is 0 Å². The summed E-state index contributed by atoms with van der Waals surface area (Å²) in [6.07, 6.45) is 1.79. The predicted molar refractivity (Wildman–Crippen MR) is 135 cm³/mol. The van der Waals surface area contributed by atoms with Crippen molar-refractivity contribution in [2.45, 2.75) is 64.5 Å². The molecular formula is C28H34N2O5. The maximum absolute atomic E-state index is 13.0. The third-order valence-corrected chi connectivity index (χ3v) is 6.69. The number of benzene rings is 2. The van der Waals surface area contributed by atoms with Crippen LogP contribution >= 0.6 is 0 Å². The van der Waals surface area contributed by atoms with Gasteiger partial charge < -0.3 is 20.5 Å². The first-order chi connectivity index (χ1) is 16.7. The Balaban J connectivity index is 1.72. The quantitative estimate of drug-likeness (QED) is 0.417. The molecule has 0 aromatic heterocycles. The highest BCUT2D eigenvalue weighted by atomic mass is 16.5. The highest BCUT2D eigenvalue weighted by Crippen LogP contribution is 2.44. The van der Waals surface area contributed by atoms with Crippen LogP contribution in [0.1, 0.15) is 64.0 Å². The van der Waals surface area contributed by atoms with Crippen LogP contribution in [-0.2, 0) is 14.3 Å². The number of alkyl carbamates (subject to hydrolysis) is 1. The average molecular weight is 479 g/mol. The van der Waals surface area contributed by atoms with Gasteiger partial charge in [0.05, 0.1) is 0 Å². The highest BCUT2D eigenvalue weighted by molar-refractivity contribution is 5.91. The molecule has 0 aliphatic heterocycles. The van der Waals surface area contributed by atoms with Gasteiger partial charge in [-0.25, -0.2) is 9.59 Å². The van der Waals surface area contributed by atoms with Crippen LogP contribution in [0.4, 0.5) is 4.79 Å². The van der Waals surface area contributed by atoms with Crippen LogP contribution in [0.15, 0.2) is 60.2 Å². The maximum Gasteiger partial charge on any atom is 0.407 e. The summed E-state index contributed by atoms with van der Waals surface area (Å²) in [5, 5.41) is 15.0. The molecule has 0 saturated heterocycles. The van der Waals surface area contributed by atoms with Gasteiger partial charge in [0, 0.05) is 5.92 Å². The van der Waals surface area contributed by atoms with Crippen LogP contribution < -0.4 is 10.6 Å². The third-order valence-electron chi connectivity index (χ3n) is 6.69. The van der Waals surface area contributed by atoms with Gasteiger partial charge in [-0.1, -0.05) is 74.0 Å². The van der Waals surface area contributed by atoms with Crippen LogP contribution in [-0.4, -0.2) is 41.3 Å². The van der Waals surface area contributed by atoms with E-state index in [9.17, 15) is 19.5 Å². The fourth-order valence-corrected chi connectivity index (χ4v) is 4.47. The summed E-state index contributed by atoms with van der Waals surface area (Å²) in [6, 6.07) is 15.1. The Bertz CT molecular complexity index is 1070. The van der Waals surface area contributed by atoms with E-state index in [0.717, 1.165) is 27.8 Å². The molecule has 2 aromatic rings. The lowest BCUT2D eigenvalue weighted by Crippen LogP contribution is -2.58. The Kier molecular flexibility index (Phi) is 8.33. The van der Waals surface area contributed by atoms with Crippen LogP contribution in [0.3, 0.4) is 0 Å². The van der Waals surface area contributed by atoms with Crippen molar-refractivity contribution in [2.24, 2.45) is 0 Å². The number of hydrogen-bond donors (Lipinski definition) is 3. The molecule has 1 atom stereocenters. The van der Waals surface area contributed by atoms with Crippen LogP contribution in [0.5, 0.6) is 0 Å². The van der Waals surface area contributed by atoms with Crippen LogP contribution in [0, 0.1) is 0 Å². The SMILES string of the molecule is CCC(CC)(NC(=O)C(CC=C(C)C)NC(=O)OCC1c2ccccc2-c2ccccc21)C(=O)O. The summed E-state index contributed by atoms with van der Waals surface area (Å²) in [7, 11) is 0. The minimum Gasteiger partial charge on any atom is -0.480 e. The van der Waals surface area contributed by atoms with E-state index in [1.54, 1.807) is 13.8 Å². The summed E-state index contributed by atoms with van der Waals surface area (Å²) in [6.45, 7) is 7.33. The molecule has 1 aliphatic rings. The molecule has 3 N–H and O–H groups in total. The van der Waals surface area contributed by atoms with Crippen molar-refractivity contribution in [2.75, 3.05) is 6.61 Å². The zero-order chi connectivity index (χ0) is 25.6. The minimum absolute atomic E-state index is 0.0990. The van der Waals surface area contributed by atoms with Crippen molar-refractivity contribution < 1.29 is 24.2 Å². The molecule has 2 amide bonds. The van der Waals surface area contributed by atoms with E-state index in [4.69, 9.17) is 4.74 Å². The fraction of sp³-hybridized carbons (Fsp3) is 0.393. The normalized spacial score (nSPS) is 13.3. The molecule has 3 rings (SSSR count). The second kappa shape index (κ2) is 11.2. The maximum atomic E-state index is 13.0. The number of rotatable bonds is 10. The zero-order valence-corrected chi connectivity index (χ0v) is 20.8. The van der Waals surface area contributed by atoms with Gasteiger partial charge >= 0.3 is 12.1 Å². The number of nitrogens with one attached hydrogen (secondary N) is 2. The number of carboxylic acid groups (broad SMARTS) is 1. The van der Waals surface area contributed by atoms with Crippen LogP contribution in [0.2, 0.25) is 0 Å². The molecule has 1 unspecified atom stereocenters. The highest BCUT2D eigenvalue weighted by Gasteiger charge is 2.38. The van der Waals surface area contributed by atoms with Crippen molar-refractivity contribution in [3.63, 3.8) is 0 Å². The van der Waals surface area contributed by atoms with Gasteiger partial charge in [0.1, 0.15) is 18.2 Å². The lowest BCUT2D eigenvalue weighted by molar-refractivity contribution is -0.148. The number of amides is 2. The smallest absolute Gasteiger partial charge is 0.407 e. The lowest BCUT2D eigenvalue weighted by Gasteiger charge is -2.30. The summed E-state index contributed by atoms with van der Waals surface area (Å²) in [5.74, 6) is -1.75. The molecular weight excluding hydrogens is 444 g/mol. The topological polar surface area (TPSA) is 105 Å². The van der Waals surface area contributed by atoms with Gasteiger partial charge in [-0.05, 0) is 55.4 Å². The molecule has 35 heavy (non-hydrogen) atoms. The van der Waals surface area contributed by atoms with Gasteiger partial charge in [-0.2, -0.15) is 0 Å². The average Bonchev–Trinajstić information content (AvgIpc) is 3.17. The second-order valence-electron chi connectivity index (χ2n) is 9.12. The molecule has 0 saturated carbocycles. The first-order valence-electron chi connectivity index (χ1n) is 12.0. The number of ether oxygens (including phenoxy) is 1. The van der Waals surface area contributed by atoms with Crippen molar-refractivity contribution in [1.29, 1.82) is 0 Å². The van der Waals surface area contributed by atoms with Crippen molar-refractivity contribution >= 4 is 18.0 Å². The number of carbonyl (C=O) groups excluding carboxylic acids is 2. The lowest BCUT2D eigenvalue weighted by atomic mass is 9.92. The molecule has 186 valence electrons. The standard InChI is InChI=1S/C28H34N2O5/c1-5-28(6-2,26(32)33)30-25(31)24(16-15-18(3)4)29-27(34)35-17-23-21-13-9-7-11-19(21)20-12-8-10-14-22(20)23/h7-15,23-24H,5-6,16-17H2,1-4H3,(H,29,34)(H,30,31)(H,32,33). The molecule has 0 fully saturated rings. The second-order valence-corrected chi connectivity index (χ2v) is 9.12. The third kappa shape index (κ3) is 5.73. The molecule has 7 nitrogen and oxygen atoms in total. The zero-order valence-electron chi connectivity index (χ0n) is 20.8. The molecule has 0 bridgehead atoms. The van der Waals surface area contributed by atoms with Gasteiger partial charge in [-0.3, -0.25) is 4.79 Å². The number of aliphatic carboxylic acids is 1. The fourth-order valence-electron chi connectivity index (χ4n) is 4.47. The Labute approximate surface area is 206 Å². The van der Waals surface area contributed by atoms with Crippen molar-refractivity contribution in [3.05, 3.63) is 71.3 Å². The van der Waals surface area contributed by atoms with Crippen LogP contribution in [0.25, 0.3) is 11.1 Å². The first-order valence-corrected chi connectivity index (χ1v) is 12.0. The first kappa shape index (κ1) is 26.0. The number of fused-ring (bicyclic) bond motifs is 3. The van der Waals surface area contributed by atoms with Crippen molar-refractivity contribution in [1.82, 2.24) is 10.6 Å². The molecule has 0 spiro atoms. The Hall–Kier alpha value is -3.61. The Morgan fingerprint density at radius 1 is 1.00 bits per heavy atom. The number of allylic oxidation sites excluding steroid dienone is 1. The largest absolute Gasteiger partial charge is 0.480 e. The summed E-state index contributed by atoms with van der Waals surface area (Å²) in [5.41, 5.74) is 4.04. The number of carbonyl (C=O) groups is 3. The Morgan fingerprint density at radius 3 is 2.03 bits per heavy atom. The molecule has 7 heteroatoms. The van der Waals surface area contributed by atoms with Gasteiger partial charge in [0.25, 0.3) is 0 Å². The van der Waals surface area contributed by atoms with E-state index < -0.39 is 29.6 Å². The number of carboxylic acids is 1. The van der Waals surface area contributed by atoms with E-state index in [-0.39, 0.29) is 31.8 Å². The molecule has 2 aromatic carbocycles. The van der Waals surface area contributed by atoms with Gasteiger partial charge in [0.2, 0.25) is 5.91 Å². The summed E-state index contributed by atoms with van der Waals surface area (Å²) >= 11 is 0. The van der Waals surface area contributed by atoms with Gasteiger partial charge in [-0.15, -0.1) is 0 Å². The molecule has 1 aliphatic carbocycles. The van der Waals surface area contributed by atoms with E-state index in [1.807, 2.05) is 56.3 Å². The van der Waals surface area contributed by atoms with E-state index >= 15 is 0 Å².